The quantitative estimate of drug-likeness (QED) is 0.915. The molecule has 0 amide bonds. The zero-order valence-corrected chi connectivity index (χ0v) is 13.8. The maximum atomic E-state index is 12.6. The molecule has 0 aromatic heterocycles. The summed E-state index contributed by atoms with van der Waals surface area (Å²) in [5.41, 5.74) is 1.38. The second kappa shape index (κ2) is 5.48. The summed E-state index contributed by atoms with van der Waals surface area (Å²) in [5, 5.41) is 0. The molecule has 8 heteroatoms. The van der Waals surface area contributed by atoms with Crippen molar-refractivity contribution >= 4 is 21.4 Å². The van der Waals surface area contributed by atoms with Crippen LogP contribution in [-0.2, 0) is 10.0 Å². The van der Waals surface area contributed by atoms with Crippen LogP contribution in [0.3, 0.4) is 0 Å². The summed E-state index contributed by atoms with van der Waals surface area (Å²) >= 11 is 0. The molecule has 126 valence electrons. The maximum absolute atomic E-state index is 12.6. The molecule has 2 aliphatic heterocycles. The van der Waals surface area contributed by atoms with E-state index in [1.165, 1.54) is 12.1 Å². The van der Waals surface area contributed by atoms with Gasteiger partial charge in [-0.3, -0.25) is 4.72 Å². The zero-order valence-electron chi connectivity index (χ0n) is 13.0. The molecule has 7 nitrogen and oxygen atoms in total. The average Bonchev–Trinajstić information content (AvgIpc) is 3.02. The fourth-order valence-electron chi connectivity index (χ4n) is 2.68. The Labute approximate surface area is 139 Å². The van der Waals surface area contributed by atoms with Gasteiger partial charge in [-0.15, -0.1) is 0 Å². The normalized spacial score (nSPS) is 15.6. The Morgan fingerprint density at radius 2 is 1.83 bits per heavy atom. The molecule has 0 aliphatic carbocycles. The minimum absolute atomic E-state index is 0.0991. The van der Waals surface area contributed by atoms with Crippen LogP contribution in [0, 0.1) is 0 Å². The topological polar surface area (TPSA) is 77.1 Å². The molecule has 0 bridgehead atoms. The van der Waals surface area contributed by atoms with Gasteiger partial charge in [0.25, 0.3) is 10.0 Å². The van der Waals surface area contributed by atoms with Crippen molar-refractivity contribution in [1.29, 1.82) is 0 Å². The molecule has 2 aromatic carbocycles. The Kier molecular flexibility index (Phi) is 3.42. The highest BCUT2D eigenvalue weighted by atomic mass is 32.2. The number of nitrogens with zero attached hydrogens (tertiary/aromatic N) is 1. The first-order valence-corrected chi connectivity index (χ1v) is 8.92. The molecule has 0 atom stereocenters. The summed E-state index contributed by atoms with van der Waals surface area (Å²) in [7, 11) is -1.76. The van der Waals surface area contributed by atoms with E-state index < -0.39 is 10.0 Å². The predicted octanol–water partition coefficient (Wildman–Crippen LogP) is 2.04. The van der Waals surface area contributed by atoms with E-state index in [9.17, 15) is 8.42 Å². The summed E-state index contributed by atoms with van der Waals surface area (Å²) in [4.78, 5) is 2.18. The van der Waals surface area contributed by atoms with Crippen LogP contribution in [0.15, 0.2) is 41.3 Å². The van der Waals surface area contributed by atoms with Crippen LogP contribution in [0.2, 0.25) is 0 Å². The first-order chi connectivity index (χ1) is 11.5. The molecule has 0 fully saturated rings. The lowest BCUT2D eigenvalue weighted by Gasteiger charge is -2.28. The minimum Gasteiger partial charge on any atom is -0.489 e. The Morgan fingerprint density at radius 1 is 1.00 bits per heavy atom. The highest BCUT2D eigenvalue weighted by Crippen LogP contribution is 2.36. The fourth-order valence-corrected chi connectivity index (χ4v) is 3.74. The van der Waals surface area contributed by atoms with E-state index >= 15 is 0 Å². The summed E-state index contributed by atoms with van der Waals surface area (Å²) in [5.74, 6) is 1.63. The Morgan fingerprint density at radius 3 is 2.71 bits per heavy atom. The molecule has 0 saturated carbocycles. The van der Waals surface area contributed by atoms with E-state index in [4.69, 9.17) is 14.2 Å². The van der Waals surface area contributed by atoms with Crippen molar-refractivity contribution in [3.05, 3.63) is 36.4 Å². The van der Waals surface area contributed by atoms with Crippen molar-refractivity contribution in [1.82, 2.24) is 0 Å². The molecular weight excluding hydrogens is 332 g/mol. The third-order valence-electron chi connectivity index (χ3n) is 3.96. The molecule has 0 unspecified atom stereocenters. The maximum Gasteiger partial charge on any atom is 0.262 e. The SMILES string of the molecule is CN1CCOc2cc(NS(=O)(=O)c3ccc4c(c3)OCO4)ccc21. The van der Waals surface area contributed by atoms with Gasteiger partial charge in [0.15, 0.2) is 11.5 Å². The number of rotatable bonds is 3. The van der Waals surface area contributed by atoms with Crippen LogP contribution < -0.4 is 23.8 Å². The summed E-state index contributed by atoms with van der Waals surface area (Å²) < 4.78 is 43.7. The fraction of sp³-hybridized carbons (Fsp3) is 0.250. The van der Waals surface area contributed by atoms with E-state index in [0.29, 0.717) is 29.5 Å². The lowest BCUT2D eigenvalue weighted by atomic mass is 10.2. The first-order valence-electron chi connectivity index (χ1n) is 7.43. The molecule has 1 N–H and O–H groups in total. The van der Waals surface area contributed by atoms with E-state index in [0.717, 1.165) is 12.2 Å². The van der Waals surface area contributed by atoms with Crippen molar-refractivity contribution in [3.63, 3.8) is 0 Å². The lowest BCUT2D eigenvalue weighted by Crippen LogP contribution is -2.28. The van der Waals surface area contributed by atoms with Gasteiger partial charge in [-0.05, 0) is 24.3 Å². The number of fused-ring (bicyclic) bond motifs is 2. The number of sulfonamides is 1. The van der Waals surface area contributed by atoms with Gasteiger partial charge in [0.1, 0.15) is 12.4 Å². The number of hydrogen-bond acceptors (Lipinski definition) is 6. The van der Waals surface area contributed by atoms with Gasteiger partial charge >= 0.3 is 0 Å². The molecule has 2 aromatic rings. The van der Waals surface area contributed by atoms with E-state index in [-0.39, 0.29) is 11.7 Å². The second-order valence-electron chi connectivity index (χ2n) is 5.57. The van der Waals surface area contributed by atoms with Gasteiger partial charge in [0, 0.05) is 19.2 Å². The third kappa shape index (κ3) is 2.58. The first kappa shape index (κ1) is 14.9. The van der Waals surface area contributed by atoms with Crippen molar-refractivity contribution in [2.45, 2.75) is 4.90 Å². The monoisotopic (exact) mass is 348 g/mol. The van der Waals surface area contributed by atoms with Crippen LogP contribution in [0.5, 0.6) is 17.2 Å². The molecule has 24 heavy (non-hydrogen) atoms. The van der Waals surface area contributed by atoms with E-state index in [1.54, 1.807) is 18.2 Å². The molecule has 0 radical (unpaired) electrons. The minimum atomic E-state index is -3.73. The van der Waals surface area contributed by atoms with Crippen LogP contribution in [0.1, 0.15) is 0 Å². The molecule has 0 spiro atoms. The molecule has 2 heterocycles. The number of nitrogens with one attached hydrogen (secondary N) is 1. The summed E-state index contributed by atoms with van der Waals surface area (Å²) in [6, 6.07) is 9.77. The van der Waals surface area contributed by atoms with Crippen molar-refractivity contribution < 1.29 is 22.6 Å². The molecular formula is C16H16N2O5S. The third-order valence-corrected chi connectivity index (χ3v) is 5.34. The van der Waals surface area contributed by atoms with Gasteiger partial charge in [-0.1, -0.05) is 0 Å². The summed E-state index contributed by atoms with van der Waals surface area (Å²) in [6.45, 7) is 1.47. The Hall–Kier alpha value is -2.61. The largest absolute Gasteiger partial charge is 0.489 e. The van der Waals surface area contributed by atoms with Gasteiger partial charge in [-0.25, -0.2) is 8.42 Å². The molecule has 2 aliphatic rings. The van der Waals surface area contributed by atoms with E-state index in [1.807, 2.05) is 13.1 Å². The van der Waals surface area contributed by atoms with Crippen molar-refractivity contribution in [2.75, 3.05) is 36.6 Å². The molecule has 4 rings (SSSR count). The Bertz CT molecular complexity index is 897. The number of hydrogen-bond donors (Lipinski definition) is 1. The van der Waals surface area contributed by atoms with Crippen LogP contribution in [0.25, 0.3) is 0 Å². The van der Waals surface area contributed by atoms with Crippen LogP contribution in [-0.4, -0.2) is 35.4 Å². The Balaban J connectivity index is 1.62. The smallest absolute Gasteiger partial charge is 0.262 e. The number of ether oxygens (including phenoxy) is 3. The lowest BCUT2D eigenvalue weighted by molar-refractivity contribution is 0.174. The van der Waals surface area contributed by atoms with Gasteiger partial charge < -0.3 is 19.1 Å². The van der Waals surface area contributed by atoms with Crippen molar-refractivity contribution in [3.8, 4) is 17.2 Å². The van der Waals surface area contributed by atoms with Crippen LogP contribution >= 0.6 is 0 Å². The van der Waals surface area contributed by atoms with Crippen molar-refractivity contribution in [2.24, 2.45) is 0 Å². The number of anilines is 2. The standard InChI is InChI=1S/C16H16N2O5S/c1-18-6-7-21-15-8-11(2-4-13(15)18)17-24(19,20)12-3-5-14-16(9-12)23-10-22-14/h2-5,8-9,17H,6-7,10H2,1H3. The number of likely N-dealkylation sites (N-methyl/N-ethyl adjacent to an activating group) is 1. The predicted molar refractivity (Wildman–Crippen MR) is 88.6 cm³/mol. The molecule has 0 saturated heterocycles. The number of benzene rings is 2. The van der Waals surface area contributed by atoms with Gasteiger partial charge in [-0.2, -0.15) is 0 Å². The van der Waals surface area contributed by atoms with Crippen LogP contribution in [0.4, 0.5) is 11.4 Å². The summed E-state index contributed by atoms with van der Waals surface area (Å²) in [6.07, 6.45) is 0. The zero-order chi connectivity index (χ0) is 16.7. The average molecular weight is 348 g/mol. The highest BCUT2D eigenvalue weighted by Gasteiger charge is 2.21. The highest BCUT2D eigenvalue weighted by molar-refractivity contribution is 7.92. The van der Waals surface area contributed by atoms with Gasteiger partial charge in [0.05, 0.1) is 22.8 Å². The van der Waals surface area contributed by atoms with Gasteiger partial charge in [0.2, 0.25) is 6.79 Å². The second-order valence-corrected chi connectivity index (χ2v) is 7.26. The van der Waals surface area contributed by atoms with E-state index in [2.05, 4.69) is 9.62 Å².